The Hall–Kier alpha value is -0.120. The highest BCUT2D eigenvalue weighted by molar-refractivity contribution is 5.05. The zero-order chi connectivity index (χ0) is 6.72. The Kier molecular flexibility index (Phi) is 0.854. The second kappa shape index (κ2) is 1.55. The highest BCUT2D eigenvalue weighted by Gasteiger charge is 2.58. The zero-order valence-electron chi connectivity index (χ0n) is 5.56. The summed E-state index contributed by atoms with van der Waals surface area (Å²) < 4.78 is 10.5. The second-order valence-corrected chi connectivity index (χ2v) is 3.35. The van der Waals surface area contributed by atoms with Crippen LogP contribution in [-0.2, 0) is 9.47 Å². The summed E-state index contributed by atoms with van der Waals surface area (Å²) in [7, 11) is 0. The van der Waals surface area contributed by atoms with E-state index in [1.54, 1.807) is 0 Å². The van der Waals surface area contributed by atoms with E-state index in [1.165, 1.54) is 0 Å². The maximum atomic E-state index is 9.46. The molecule has 0 aromatic carbocycles. The molecule has 0 aromatic heterocycles. The smallest absolute Gasteiger partial charge is 0.113 e. The molecule has 0 bridgehead atoms. The predicted molar refractivity (Wildman–Crippen MR) is 32.6 cm³/mol. The molecule has 10 heavy (non-hydrogen) atoms. The number of epoxide rings is 2. The van der Waals surface area contributed by atoms with Gasteiger partial charge in [0.15, 0.2) is 0 Å². The number of aliphatic hydroxyl groups is 1. The van der Waals surface area contributed by atoms with Crippen LogP contribution >= 0.6 is 0 Å². The fourth-order valence-corrected chi connectivity index (χ4v) is 1.89. The normalized spacial score (nSPS) is 63.9. The van der Waals surface area contributed by atoms with Crippen molar-refractivity contribution in [3.8, 4) is 0 Å². The minimum Gasteiger partial charge on any atom is -0.387 e. The van der Waals surface area contributed by atoms with E-state index in [9.17, 15) is 5.11 Å². The molecule has 3 fully saturated rings. The molecule has 2 saturated heterocycles. The number of aliphatic hydroxyl groups excluding tert-OH is 1. The molecule has 4 atom stereocenters. The minimum absolute atomic E-state index is 0.109. The number of hydrogen-bond acceptors (Lipinski definition) is 3. The van der Waals surface area contributed by atoms with Crippen LogP contribution < -0.4 is 0 Å². The van der Waals surface area contributed by atoms with Gasteiger partial charge < -0.3 is 14.6 Å². The molecule has 0 radical (unpaired) electrons. The Balaban J connectivity index is 1.82. The Labute approximate surface area is 58.9 Å². The molecule has 2 aliphatic heterocycles. The molecule has 3 heteroatoms. The van der Waals surface area contributed by atoms with Crippen LogP contribution in [0.2, 0.25) is 0 Å². The van der Waals surface area contributed by atoms with Gasteiger partial charge in [-0.25, -0.2) is 0 Å². The van der Waals surface area contributed by atoms with Gasteiger partial charge in [-0.05, 0) is 12.8 Å². The van der Waals surface area contributed by atoms with E-state index >= 15 is 0 Å². The second-order valence-electron chi connectivity index (χ2n) is 3.35. The summed E-state index contributed by atoms with van der Waals surface area (Å²) in [6.07, 6.45) is 2.73. The first-order chi connectivity index (χ1) is 4.86. The topological polar surface area (TPSA) is 45.3 Å². The van der Waals surface area contributed by atoms with E-state index in [-0.39, 0.29) is 18.3 Å². The monoisotopic (exact) mass is 142 g/mol. The van der Waals surface area contributed by atoms with Gasteiger partial charge >= 0.3 is 0 Å². The van der Waals surface area contributed by atoms with Crippen molar-refractivity contribution in [2.75, 3.05) is 0 Å². The Morgan fingerprint density at radius 2 is 1.50 bits per heavy atom. The van der Waals surface area contributed by atoms with Gasteiger partial charge in [-0.3, -0.25) is 0 Å². The van der Waals surface area contributed by atoms with Crippen LogP contribution in [0.3, 0.4) is 0 Å². The molecule has 1 saturated carbocycles. The lowest BCUT2D eigenvalue weighted by Crippen LogP contribution is -2.23. The molecule has 1 aliphatic carbocycles. The Morgan fingerprint density at radius 3 is 2.00 bits per heavy atom. The number of ether oxygens (including phenoxy) is 2. The molecule has 0 aromatic rings. The molecule has 0 amide bonds. The lowest BCUT2D eigenvalue weighted by Gasteiger charge is -1.99. The number of fused-ring (bicyclic) bond motifs is 2. The summed E-state index contributed by atoms with van der Waals surface area (Å²) in [6, 6.07) is 0. The number of rotatable bonds is 0. The molecule has 3 aliphatic rings. The summed E-state index contributed by atoms with van der Waals surface area (Å²) in [6.45, 7) is 0. The molecular formula is C7H10O3. The average molecular weight is 142 g/mol. The highest BCUT2D eigenvalue weighted by atomic mass is 16.6. The van der Waals surface area contributed by atoms with Crippen LogP contribution in [0.1, 0.15) is 12.8 Å². The molecule has 56 valence electrons. The van der Waals surface area contributed by atoms with Gasteiger partial charge in [0.1, 0.15) is 18.3 Å². The van der Waals surface area contributed by atoms with Crippen molar-refractivity contribution in [2.45, 2.75) is 43.4 Å². The van der Waals surface area contributed by atoms with E-state index in [0.29, 0.717) is 12.2 Å². The van der Waals surface area contributed by atoms with Crippen LogP contribution in [0.25, 0.3) is 0 Å². The summed E-state index contributed by atoms with van der Waals surface area (Å²) >= 11 is 0. The van der Waals surface area contributed by atoms with Gasteiger partial charge in [0.2, 0.25) is 0 Å². The quantitative estimate of drug-likeness (QED) is 0.471. The lowest BCUT2D eigenvalue weighted by atomic mass is 10.1. The molecule has 3 rings (SSSR count). The van der Waals surface area contributed by atoms with Crippen molar-refractivity contribution in [1.29, 1.82) is 0 Å². The summed E-state index contributed by atoms with van der Waals surface area (Å²) in [5, 5.41) is 9.46. The fourth-order valence-electron chi connectivity index (χ4n) is 1.89. The fraction of sp³-hybridized carbons (Fsp3) is 1.00. The molecule has 0 spiro atoms. The summed E-state index contributed by atoms with van der Waals surface area (Å²) in [4.78, 5) is 0. The minimum atomic E-state index is -0.336. The Morgan fingerprint density at radius 1 is 1.00 bits per heavy atom. The molecule has 4 unspecified atom stereocenters. The standard InChI is InChI=1S/C7H10O3/c8-5-6-3(9-6)1-2-4-7(5)10-4/h3-8H,1-2H2. The molecular weight excluding hydrogens is 132 g/mol. The van der Waals surface area contributed by atoms with Gasteiger partial charge in [-0.1, -0.05) is 0 Å². The van der Waals surface area contributed by atoms with Crippen molar-refractivity contribution in [1.82, 2.24) is 0 Å². The van der Waals surface area contributed by atoms with Gasteiger partial charge in [0.25, 0.3) is 0 Å². The van der Waals surface area contributed by atoms with Crippen LogP contribution in [0.4, 0.5) is 0 Å². The van der Waals surface area contributed by atoms with E-state index < -0.39 is 0 Å². The van der Waals surface area contributed by atoms with Crippen molar-refractivity contribution >= 4 is 0 Å². The van der Waals surface area contributed by atoms with Crippen molar-refractivity contribution in [3.63, 3.8) is 0 Å². The third kappa shape index (κ3) is 0.603. The predicted octanol–water partition coefficient (Wildman–Crippen LogP) is -0.324. The first-order valence-corrected chi connectivity index (χ1v) is 3.85. The van der Waals surface area contributed by atoms with Gasteiger partial charge in [-0.2, -0.15) is 0 Å². The lowest BCUT2D eigenvalue weighted by molar-refractivity contribution is 0.103. The average Bonchev–Trinajstić information content (AvgIpc) is 2.76. The maximum absolute atomic E-state index is 9.46. The van der Waals surface area contributed by atoms with Crippen molar-refractivity contribution in [3.05, 3.63) is 0 Å². The van der Waals surface area contributed by atoms with E-state index in [2.05, 4.69) is 0 Å². The third-order valence-electron chi connectivity index (χ3n) is 2.65. The zero-order valence-corrected chi connectivity index (χ0v) is 5.56. The van der Waals surface area contributed by atoms with Crippen LogP contribution in [0.15, 0.2) is 0 Å². The first kappa shape index (κ1) is 5.52. The van der Waals surface area contributed by atoms with Gasteiger partial charge in [0.05, 0.1) is 12.2 Å². The first-order valence-electron chi connectivity index (χ1n) is 3.85. The van der Waals surface area contributed by atoms with Gasteiger partial charge in [-0.15, -0.1) is 0 Å². The summed E-state index contributed by atoms with van der Waals surface area (Å²) in [5.74, 6) is 0. The van der Waals surface area contributed by atoms with E-state index in [0.717, 1.165) is 12.8 Å². The van der Waals surface area contributed by atoms with Gasteiger partial charge in [0, 0.05) is 0 Å². The van der Waals surface area contributed by atoms with Crippen LogP contribution in [0.5, 0.6) is 0 Å². The third-order valence-corrected chi connectivity index (χ3v) is 2.65. The Bertz CT molecular complexity index is 152. The van der Waals surface area contributed by atoms with Crippen molar-refractivity contribution in [2.24, 2.45) is 0 Å². The largest absolute Gasteiger partial charge is 0.387 e. The maximum Gasteiger partial charge on any atom is 0.113 e. The highest BCUT2D eigenvalue weighted by Crippen LogP contribution is 2.43. The van der Waals surface area contributed by atoms with Crippen molar-refractivity contribution < 1.29 is 14.6 Å². The molecule has 3 nitrogen and oxygen atoms in total. The summed E-state index contributed by atoms with van der Waals surface area (Å²) in [5.41, 5.74) is 0. The number of hydrogen-bond donors (Lipinski definition) is 1. The molecule has 2 heterocycles. The van der Waals surface area contributed by atoms with Crippen LogP contribution in [0, 0.1) is 0 Å². The van der Waals surface area contributed by atoms with E-state index in [1.807, 2.05) is 0 Å². The molecule has 1 N–H and O–H groups in total. The van der Waals surface area contributed by atoms with E-state index in [4.69, 9.17) is 9.47 Å². The van der Waals surface area contributed by atoms with Crippen LogP contribution in [-0.4, -0.2) is 35.6 Å². The SMILES string of the molecule is OC1C2OC2CCC2OC21.